The van der Waals surface area contributed by atoms with Crippen molar-refractivity contribution in [1.29, 1.82) is 0 Å². The SMILES string of the molecule is CC1CCC[C@@H](O[C@H](O)/C(O)=C(\O[C@@H](O)/C(O)=C(/O)[C@@H](O)CCO)[C@@H](O)CCO)C1OC1O[C@H](C)C(O)C(O)[C@@H]1O. The normalized spacial score (nSPS) is 35.1. The van der Waals surface area contributed by atoms with E-state index in [1.165, 1.54) is 6.92 Å². The van der Waals surface area contributed by atoms with Crippen molar-refractivity contribution in [3.8, 4) is 0 Å². The molecule has 0 aromatic rings. The fourth-order valence-corrected chi connectivity index (χ4v) is 4.63. The van der Waals surface area contributed by atoms with Crippen LogP contribution in [0.25, 0.3) is 0 Å². The van der Waals surface area contributed by atoms with Crippen molar-refractivity contribution in [2.45, 2.75) is 114 Å². The van der Waals surface area contributed by atoms with Gasteiger partial charge in [0, 0.05) is 26.1 Å². The number of ether oxygens (including phenoxy) is 4. The third-order valence-electron chi connectivity index (χ3n) is 7.12. The van der Waals surface area contributed by atoms with Crippen LogP contribution in [0, 0.1) is 5.92 Å². The average molecular weight is 601 g/mol. The molecule has 41 heavy (non-hydrogen) atoms. The van der Waals surface area contributed by atoms with E-state index in [-0.39, 0.29) is 5.92 Å². The van der Waals surface area contributed by atoms with E-state index < -0.39 is 117 Å². The summed E-state index contributed by atoms with van der Waals surface area (Å²) in [6.07, 6.45) is -16.1. The largest absolute Gasteiger partial charge is 0.506 e. The molecule has 1 heterocycles. The van der Waals surface area contributed by atoms with Crippen LogP contribution in [-0.4, -0.2) is 142 Å². The van der Waals surface area contributed by atoms with Crippen LogP contribution in [-0.2, 0) is 18.9 Å². The van der Waals surface area contributed by atoms with E-state index in [1.807, 2.05) is 0 Å². The summed E-state index contributed by atoms with van der Waals surface area (Å²) in [5.74, 6) is -4.80. The van der Waals surface area contributed by atoms with Gasteiger partial charge in [0.25, 0.3) is 6.29 Å². The summed E-state index contributed by atoms with van der Waals surface area (Å²) in [4.78, 5) is 0. The maximum absolute atomic E-state index is 10.7. The van der Waals surface area contributed by atoms with Gasteiger partial charge in [-0.05, 0) is 25.7 Å². The minimum Gasteiger partial charge on any atom is -0.506 e. The molecule has 2 fully saturated rings. The zero-order chi connectivity index (χ0) is 31.0. The minimum atomic E-state index is -2.47. The second-order valence-electron chi connectivity index (χ2n) is 10.3. The Balaban J connectivity index is 2.26. The van der Waals surface area contributed by atoms with Gasteiger partial charge in [0.05, 0.1) is 18.3 Å². The van der Waals surface area contributed by atoms with Gasteiger partial charge in [-0.2, -0.15) is 0 Å². The lowest BCUT2D eigenvalue weighted by Gasteiger charge is -2.44. The maximum atomic E-state index is 10.7. The number of aliphatic hydroxyl groups excluding tert-OH is 12. The highest BCUT2D eigenvalue weighted by molar-refractivity contribution is 5.12. The van der Waals surface area contributed by atoms with Crippen LogP contribution < -0.4 is 0 Å². The molecule has 0 aromatic carbocycles. The molecule has 1 saturated heterocycles. The van der Waals surface area contributed by atoms with E-state index in [9.17, 15) is 56.2 Å². The first kappa shape index (κ1) is 35.4. The summed E-state index contributed by atoms with van der Waals surface area (Å²) in [6, 6.07) is 0. The predicted octanol–water partition coefficient (Wildman–Crippen LogP) is -2.36. The fraction of sp³-hybridized carbons (Fsp3) is 0.840. The molecule has 12 N–H and O–H groups in total. The Kier molecular flexibility index (Phi) is 13.9. The van der Waals surface area contributed by atoms with Crippen molar-refractivity contribution in [3.63, 3.8) is 0 Å². The Hall–Kier alpha value is -1.80. The quantitative estimate of drug-likeness (QED) is 0.0733. The number of hydrogen-bond acceptors (Lipinski definition) is 16. The smallest absolute Gasteiger partial charge is 0.259 e. The van der Waals surface area contributed by atoms with E-state index in [0.717, 1.165) is 0 Å². The highest BCUT2D eigenvalue weighted by Crippen LogP contribution is 2.34. The van der Waals surface area contributed by atoms with E-state index in [2.05, 4.69) is 0 Å². The van der Waals surface area contributed by atoms with E-state index in [0.29, 0.717) is 19.3 Å². The average Bonchev–Trinajstić information content (AvgIpc) is 2.93. The first-order valence-corrected chi connectivity index (χ1v) is 13.4. The third-order valence-corrected chi connectivity index (χ3v) is 7.12. The topological polar surface area (TPSA) is 280 Å². The van der Waals surface area contributed by atoms with Gasteiger partial charge in [0.2, 0.25) is 12.0 Å². The zero-order valence-electron chi connectivity index (χ0n) is 22.9. The van der Waals surface area contributed by atoms with Gasteiger partial charge in [-0.15, -0.1) is 0 Å². The van der Waals surface area contributed by atoms with E-state index >= 15 is 0 Å². The Morgan fingerprint density at radius 3 is 2.00 bits per heavy atom. The maximum Gasteiger partial charge on any atom is 0.259 e. The van der Waals surface area contributed by atoms with Crippen molar-refractivity contribution >= 4 is 0 Å². The zero-order valence-corrected chi connectivity index (χ0v) is 22.9. The van der Waals surface area contributed by atoms with Crippen molar-refractivity contribution in [2.75, 3.05) is 13.2 Å². The highest BCUT2D eigenvalue weighted by atomic mass is 16.7. The fourth-order valence-electron chi connectivity index (χ4n) is 4.63. The standard InChI is InChI=1S/C25H44O16/c1-10-4-3-5-14(21(10)41-25-19(34)17(32)15(30)11(2)38-25)39-24(37)20(35)22(13(29)7-9-27)40-23(36)18(33)16(31)12(28)6-8-26/h10-15,17,19,21,23-37H,3-9H2,1-2H3/b18-16-,22-20+/t10?,11-,12+,13+,14-,15?,17?,19+,21?,23-,24+,25?/m1/s1. The number of rotatable bonds is 14. The number of aliphatic hydroxyl groups is 12. The van der Waals surface area contributed by atoms with Crippen molar-refractivity contribution < 1.29 is 80.2 Å². The molecule has 0 amide bonds. The van der Waals surface area contributed by atoms with Gasteiger partial charge in [-0.3, -0.25) is 0 Å². The Morgan fingerprint density at radius 2 is 1.39 bits per heavy atom. The molecular weight excluding hydrogens is 556 g/mol. The van der Waals surface area contributed by atoms with Crippen molar-refractivity contribution in [2.24, 2.45) is 5.92 Å². The van der Waals surface area contributed by atoms with Crippen LogP contribution in [0.5, 0.6) is 0 Å². The Bertz CT molecular complexity index is 867. The van der Waals surface area contributed by atoms with Crippen molar-refractivity contribution in [1.82, 2.24) is 0 Å². The highest BCUT2D eigenvalue weighted by Gasteiger charge is 2.46. The molecule has 16 heteroatoms. The molecule has 0 bridgehead atoms. The second-order valence-corrected chi connectivity index (χ2v) is 10.3. The van der Waals surface area contributed by atoms with Crippen LogP contribution in [0.3, 0.4) is 0 Å². The van der Waals surface area contributed by atoms with Crippen LogP contribution in [0.4, 0.5) is 0 Å². The molecule has 5 unspecified atom stereocenters. The molecule has 1 saturated carbocycles. The van der Waals surface area contributed by atoms with Gasteiger partial charge in [-0.25, -0.2) is 0 Å². The Labute approximate surface area is 236 Å². The van der Waals surface area contributed by atoms with Crippen LogP contribution in [0.2, 0.25) is 0 Å². The molecule has 1 aliphatic carbocycles. The van der Waals surface area contributed by atoms with Gasteiger partial charge in [-0.1, -0.05) is 13.3 Å². The van der Waals surface area contributed by atoms with Gasteiger partial charge in [0.15, 0.2) is 23.6 Å². The molecule has 1 aliphatic heterocycles. The van der Waals surface area contributed by atoms with E-state index in [1.54, 1.807) is 6.92 Å². The summed E-state index contributed by atoms with van der Waals surface area (Å²) < 4.78 is 22.0. The third kappa shape index (κ3) is 9.09. The molecule has 0 spiro atoms. The molecule has 0 radical (unpaired) electrons. The lowest BCUT2D eigenvalue weighted by molar-refractivity contribution is -0.322. The van der Waals surface area contributed by atoms with Crippen LogP contribution in [0.1, 0.15) is 46.0 Å². The Morgan fingerprint density at radius 1 is 0.780 bits per heavy atom. The van der Waals surface area contributed by atoms with Gasteiger partial charge < -0.3 is 80.2 Å². The molecule has 2 aliphatic rings. The van der Waals surface area contributed by atoms with Gasteiger partial charge >= 0.3 is 0 Å². The first-order chi connectivity index (χ1) is 19.2. The predicted molar refractivity (Wildman–Crippen MR) is 136 cm³/mol. The molecular formula is C25H44O16. The van der Waals surface area contributed by atoms with Gasteiger partial charge in [0.1, 0.15) is 30.5 Å². The minimum absolute atomic E-state index is 0.227. The molecule has 240 valence electrons. The lowest BCUT2D eigenvalue weighted by atomic mass is 9.85. The lowest BCUT2D eigenvalue weighted by Crippen LogP contribution is -2.59. The first-order valence-electron chi connectivity index (χ1n) is 13.4. The van der Waals surface area contributed by atoms with Crippen LogP contribution in [0.15, 0.2) is 23.0 Å². The molecule has 2 rings (SSSR count). The van der Waals surface area contributed by atoms with Crippen molar-refractivity contribution in [3.05, 3.63) is 23.0 Å². The van der Waals surface area contributed by atoms with E-state index in [4.69, 9.17) is 24.1 Å². The number of hydrogen-bond donors (Lipinski definition) is 12. The summed E-state index contributed by atoms with van der Waals surface area (Å²) >= 11 is 0. The second kappa shape index (κ2) is 16.2. The summed E-state index contributed by atoms with van der Waals surface area (Å²) in [5.41, 5.74) is 0. The molecule has 12 atom stereocenters. The van der Waals surface area contributed by atoms with Crippen LogP contribution >= 0.6 is 0 Å². The molecule has 16 nitrogen and oxygen atoms in total. The summed E-state index contributed by atoms with van der Waals surface area (Å²) in [5, 5.41) is 120. The molecule has 0 aromatic heterocycles. The summed E-state index contributed by atoms with van der Waals surface area (Å²) in [7, 11) is 0. The monoisotopic (exact) mass is 600 g/mol. The summed E-state index contributed by atoms with van der Waals surface area (Å²) in [6.45, 7) is 2.08.